The van der Waals surface area contributed by atoms with E-state index in [4.69, 9.17) is 0 Å². The lowest BCUT2D eigenvalue weighted by Gasteiger charge is -2.12. The number of carbonyl (C=O) groups is 1. The minimum absolute atomic E-state index is 0.0648. The van der Waals surface area contributed by atoms with Crippen LogP contribution in [0, 0.1) is 0 Å². The summed E-state index contributed by atoms with van der Waals surface area (Å²) in [5.74, 6) is -0.729. The Kier molecular flexibility index (Phi) is 5.45. The van der Waals surface area contributed by atoms with Crippen LogP contribution in [0.5, 0.6) is 0 Å². The highest BCUT2D eigenvalue weighted by molar-refractivity contribution is 7.90. The monoisotopic (exact) mass is 336 g/mol. The van der Waals surface area contributed by atoms with E-state index in [1.165, 1.54) is 14.0 Å². The Bertz CT molecular complexity index is 710. The quantitative estimate of drug-likeness (QED) is 0.672. The van der Waals surface area contributed by atoms with Crippen molar-refractivity contribution in [3.8, 4) is 0 Å². The van der Waals surface area contributed by atoms with E-state index in [0.717, 1.165) is 31.4 Å². The average molecular weight is 336 g/mol. The Morgan fingerprint density at radius 1 is 1.05 bits per heavy atom. The highest BCUT2D eigenvalue weighted by Crippen LogP contribution is 2.14. The molecular formula is C11H16N2O6S2. The Hall–Kier alpha value is -1.49. The molecule has 0 aliphatic rings. The first kappa shape index (κ1) is 17.6. The van der Waals surface area contributed by atoms with E-state index in [1.807, 2.05) is 0 Å². The molecule has 10 heteroatoms. The van der Waals surface area contributed by atoms with E-state index in [9.17, 15) is 21.6 Å². The Morgan fingerprint density at radius 2 is 1.48 bits per heavy atom. The zero-order valence-electron chi connectivity index (χ0n) is 11.7. The van der Waals surface area contributed by atoms with Gasteiger partial charge in [-0.3, -0.25) is 4.79 Å². The molecule has 0 heterocycles. The molecule has 0 spiro atoms. The molecule has 0 fully saturated rings. The summed E-state index contributed by atoms with van der Waals surface area (Å²) < 4.78 is 55.7. The number of benzene rings is 1. The smallest absolute Gasteiger partial charge is 0.323 e. The van der Waals surface area contributed by atoms with Crippen molar-refractivity contribution in [2.24, 2.45) is 0 Å². The maximum atomic E-state index is 12.0. The molecule has 1 atom stereocenters. The van der Waals surface area contributed by atoms with Gasteiger partial charge in [-0.05, 0) is 38.2 Å². The summed E-state index contributed by atoms with van der Waals surface area (Å²) in [6.07, 6.45) is 0. The molecule has 0 amide bonds. The summed E-state index contributed by atoms with van der Waals surface area (Å²) in [6, 6.07) is 3.53. The van der Waals surface area contributed by atoms with Gasteiger partial charge in [-0.25, -0.2) is 21.6 Å². The third-order valence-electron chi connectivity index (χ3n) is 2.60. The van der Waals surface area contributed by atoms with Crippen LogP contribution in [0.15, 0.2) is 34.1 Å². The first-order valence-electron chi connectivity index (χ1n) is 5.78. The lowest BCUT2D eigenvalue weighted by Crippen LogP contribution is -2.39. The number of esters is 1. The first-order valence-corrected chi connectivity index (χ1v) is 8.74. The Labute approximate surface area is 123 Å². The molecule has 0 bridgehead atoms. The number of ether oxygens (including phenoxy) is 1. The third-order valence-corrected chi connectivity index (χ3v) is 5.59. The number of hydrogen-bond acceptors (Lipinski definition) is 6. The standard InChI is InChI=1S/C11H16N2O6S2/c1-8(11(14)19-3)13-21(17,18)10-6-4-9(5-7-10)20(15,16)12-2/h4-8,12-13H,1-3H3. The van der Waals surface area contributed by atoms with Crippen molar-refractivity contribution in [2.75, 3.05) is 14.2 Å². The van der Waals surface area contributed by atoms with E-state index in [-0.39, 0.29) is 9.79 Å². The van der Waals surface area contributed by atoms with E-state index in [0.29, 0.717) is 0 Å². The maximum absolute atomic E-state index is 12.0. The fraction of sp³-hybridized carbons (Fsp3) is 0.364. The van der Waals surface area contributed by atoms with Crippen molar-refractivity contribution >= 4 is 26.0 Å². The number of hydrogen-bond donors (Lipinski definition) is 2. The van der Waals surface area contributed by atoms with E-state index in [2.05, 4.69) is 14.2 Å². The van der Waals surface area contributed by atoms with Gasteiger partial charge in [0.15, 0.2) is 0 Å². The molecule has 21 heavy (non-hydrogen) atoms. The van der Waals surface area contributed by atoms with Crippen molar-refractivity contribution in [3.63, 3.8) is 0 Å². The summed E-state index contributed by atoms with van der Waals surface area (Å²) in [4.78, 5) is 11.0. The third kappa shape index (κ3) is 4.24. The second-order valence-electron chi connectivity index (χ2n) is 4.05. The maximum Gasteiger partial charge on any atom is 0.323 e. The largest absolute Gasteiger partial charge is 0.468 e. The fourth-order valence-electron chi connectivity index (χ4n) is 1.44. The minimum atomic E-state index is -3.95. The normalized spacial score (nSPS) is 13.7. The molecule has 0 saturated carbocycles. The molecular weight excluding hydrogens is 320 g/mol. The van der Waals surface area contributed by atoms with Crippen LogP contribution in [-0.4, -0.2) is 43.0 Å². The van der Waals surface area contributed by atoms with Crippen molar-refractivity contribution < 1.29 is 26.4 Å². The highest BCUT2D eigenvalue weighted by Gasteiger charge is 2.23. The lowest BCUT2D eigenvalue weighted by molar-refractivity contribution is -0.142. The second kappa shape index (κ2) is 6.52. The van der Waals surface area contributed by atoms with Gasteiger partial charge in [0.1, 0.15) is 6.04 Å². The van der Waals surface area contributed by atoms with Crippen LogP contribution in [-0.2, 0) is 29.6 Å². The molecule has 8 nitrogen and oxygen atoms in total. The van der Waals surface area contributed by atoms with E-state index < -0.39 is 32.1 Å². The summed E-state index contributed by atoms with van der Waals surface area (Å²) in [7, 11) is -5.20. The fourth-order valence-corrected chi connectivity index (χ4v) is 3.36. The van der Waals surface area contributed by atoms with Crippen LogP contribution in [0.25, 0.3) is 0 Å². The van der Waals surface area contributed by atoms with E-state index in [1.54, 1.807) is 0 Å². The Balaban J connectivity index is 3.03. The molecule has 0 saturated heterocycles. The van der Waals surface area contributed by atoms with Crippen LogP contribution < -0.4 is 9.44 Å². The summed E-state index contributed by atoms with van der Waals surface area (Å²) >= 11 is 0. The number of sulfonamides is 2. The first-order chi connectivity index (χ1) is 9.64. The summed E-state index contributed by atoms with van der Waals surface area (Å²) in [6.45, 7) is 1.34. The summed E-state index contributed by atoms with van der Waals surface area (Å²) in [5, 5.41) is 0. The van der Waals surface area contributed by atoms with Crippen LogP contribution in [0.4, 0.5) is 0 Å². The van der Waals surface area contributed by atoms with Gasteiger partial charge in [0, 0.05) is 0 Å². The number of rotatable bonds is 6. The van der Waals surface area contributed by atoms with Gasteiger partial charge in [0.25, 0.3) is 0 Å². The highest BCUT2D eigenvalue weighted by atomic mass is 32.2. The molecule has 1 aromatic carbocycles. The lowest BCUT2D eigenvalue weighted by atomic mass is 10.4. The number of carbonyl (C=O) groups excluding carboxylic acids is 1. The van der Waals surface area contributed by atoms with Crippen molar-refractivity contribution in [1.29, 1.82) is 0 Å². The Morgan fingerprint density at radius 3 is 1.86 bits per heavy atom. The van der Waals surface area contributed by atoms with Crippen molar-refractivity contribution in [1.82, 2.24) is 9.44 Å². The average Bonchev–Trinajstić information content (AvgIpc) is 2.46. The van der Waals surface area contributed by atoms with Gasteiger partial charge in [-0.1, -0.05) is 0 Å². The van der Waals surface area contributed by atoms with Gasteiger partial charge >= 0.3 is 5.97 Å². The molecule has 118 valence electrons. The van der Waals surface area contributed by atoms with Gasteiger partial charge in [0.05, 0.1) is 16.9 Å². The second-order valence-corrected chi connectivity index (χ2v) is 7.65. The topological polar surface area (TPSA) is 119 Å². The van der Waals surface area contributed by atoms with Crippen molar-refractivity contribution in [2.45, 2.75) is 22.8 Å². The molecule has 1 rings (SSSR count). The minimum Gasteiger partial charge on any atom is -0.468 e. The predicted molar refractivity (Wildman–Crippen MR) is 74.5 cm³/mol. The molecule has 0 aliphatic heterocycles. The molecule has 0 aliphatic carbocycles. The molecule has 0 radical (unpaired) electrons. The molecule has 0 aromatic heterocycles. The van der Waals surface area contributed by atoms with Crippen LogP contribution in [0.3, 0.4) is 0 Å². The predicted octanol–water partition coefficient (Wildman–Crippen LogP) is -0.565. The number of nitrogens with one attached hydrogen (secondary N) is 2. The van der Waals surface area contributed by atoms with Crippen LogP contribution >= 0.6 is 0 Å². The van der Waals surface area contributed by atoms with Gasteiger partial charge in [-0.15, -0.1) is 0 Å². The molecule has 1 unspecified atom stereocenters. The molecule has 2 N–H and O–H groups in total. The summed E-state index contributed by atoms with van der Waals surface area (Å²) in [5.41, 5.74) is 0. The molecule has 1 aromatic rings. The number of methoxy groups -OCH3 is 1. The van der Waals surface area contributed by atoms with Gasteiger partial charge < -0.3 is 4.74 Å². The zero-order valence-corrected chi connectivity index (χ0v) is 13.3. The van der Waals surface area contributed by atoms with Crippen LogP contribution in [0.2, 0.25) is 0 Å². The zero-order chi connectivity index (χ0) is 16.3. The SMILES string of the molecule is CNS(=O)(=O)c1ccc(S(=O)(=O)NC(C)C(=O)OC)cc1. The van der Waals surface area contributed by atoms with Crippen LogP contribution in [0.1, 0.15) is 6.92 Å². The van der Waals surface area contributed by atoms with Gasteiger partial charge in [-0.2, -0.15) is 4.72 Å². The van der Waals surface area contributed by atoms with Crippen molar-refractivity contribution in [3.05, 3.63) is 24.3 Å². The van der Waals surface area contributed by atoms with E-state index >= 15 is 0 Å². The van der Waals surface area contributed by atoms with Gasteiger partial charge in [0.2, 0.25) is 20.0 Å².